The lowest BCUT2D eigenvalue weighted by atomic mass is 9.92. The van der Waals surface area contributed by atoms with E-state index < -0.39 is 0 Å². The summed E-state index contributed by atoms with van der Waals surface area (Å²) in [5, 5.41) is 9.60. The van der Waals surface area contributed by atoms with Gasteiger partial charge in [-0.2, -0.15) is 9.97 Å². The molecule has 106 valence electrons. The van der Waals surface area contributed by atoms with Crippen molar-refractivity contribution in [3.8, 4) is 12.0 Å². The molecule has 2 heterocycles. The summed E-state index contributed by atoms with van der Waals surface area (Å²) in [4.78, 5) is 14.5. The van der Waals surface area contributed by atoms with Crippen molar-refractivity contribution in [3.63, 3.8) is 0 Å². The van der Waals surface area contributed by atoms with Crippen molar-refractivity contribution in [3.05, 3.63) is 0 Å². The van der Waals surface area contributed by atoms with Crippen LogP contribution in [0.1, 0.15) is 19.8 Å². The summed E-state index contributed by atoms with van der Waals surface area (Å²) in [5.74, 6) is 0.912. The van der Waals surface area contributed by atoms with E-state index in [2.05, 4.69) is 19.9 Å². The minimum Gasteiger partial charge on any atom is -0.467 e. The number of aromatic nitrogens is 3. The van der Waals surface area contributed by atoms with Gasteiger partial charge in [0.2, 0.25) is 5.95 Å². The molecule has 1 aliphatic rings. The summed E-state index contributed by atoms with van der Waals surface area (Å²) >= 11 is 0. The second-order valence-corrected chi connectivity index (χ2v) is 4.67. The normalized spacial score (nSPS) is 18.2. The van der Waals surface area contributed by atoms with Crippen LogP contribution in [0.3, 0.4) is 0 Å². The molecule has 0 radical (unpaired) electrons. The van der Waals surface area contributed by atoms with Gasteiger partial charge in [0.05, 0.1) is 20.3 Å². The lowest BCUT2D eigenvalue weighted by molar-refractivity contribution is 0.109. The molecule has 0 saturated carbocycles. The van der Waals surface area contributed by atoms with E-state index in [1.54, 1.807) is 0 Å². The Kier molecular flexibility index (Phi) is 4.36. The Bertz CT molecular complexity index is 397. The van der Waals surface area contributed by atoms with Crippen molar-refractivity contribution < 1.29 is 14.6 Å². The summed E-state index contributed by atoms with van der Waals surface area (Å²) in [5.41, 5.74) is 0. The van der Waals surface area contributed by atoms with Gasteiger partial charge >= 0.3 is 12.0 Å². The summed E-state index contributed by atoms with van der Waals surface area (Å²) in [6.07, 6.45) is 1.59. The fourth-order valence-electron chi connectivity index (χ4n) is 2.23. The molecule has 1 aliphatic heterocycles. The van der Waals surface area contributed by atoms with Crippen LogP contribution < -0.4 is 14.4 Å². The standard InChI is InChI=1S/C12H20N4O3/c1-8(17)9-4-6-16(7-5-9)10-13-11(18-2)15-12(14-10)19-3/h8-9,17H,4-7H2,1-3H3. The van der Waals surface area contributed by atoms with Crippen LogP contribution in [0.15, 0.2) is 0 Å². The number of aliphatic hydroxyl groups excluding tert-OH is 1. The lowest BCUT2D eigenvalue weighted by Gasteiger charge is -2.33. The fraction of sp³-hybridized carbons (Fsp3) is 0.750. The van der Waals surface area contributed by atoms with Crippen LogP contribution in [-0.4, -0.2) is 53.5 Å². The van der Waals surface area contributed by atoms with E-state index in [4.69, 9.17) is 9.47 Å². The predicted octanol–water partition coefficient (Wildman–Crippen LogP) is 0.486. The molecule has 1 atom stereocenters. The highest BCUT2D eigenvalue weighted by Gasteiger charge is 2.24. The molecule has 2 rings (SSSR count). The third-order valence-electron chi connectivity index (χ3n) is 3.45. The Morgan fingerprint density at radius 3 is 2.05 bits per heavy atom. The van der Waals surface area contributed by atoms with Gasteiger partial charge in [-0.05, 0) is 25.7 Å². The first kappa shape index (κ1) is 13.8. The molecule has 1 fully saturated rings. The van der Waals surface area contributed by atoms with E-state index in [1.165, 1.54) is 14.2 Å². The van der Waals surface area contributed by atoms with Crippen LogP contribution >= 0.6 is 0 Å². The molecule has 7 nitrogen and oxygen atoms in total. The maximum atomic E-state index is 9.60. The van der Waals surface area contributed by atoms with Crippen molar-refractivity contribution in [1.82, 2.24) is 15.0 Å². The first-order valence-electron chi connectivity index (χ1n) is 6.41. The highest BCUT2D eigenvalue weighted by atomic mass is 16.5. The zero-order valence-electron chi connectivity index (χ0n) is 11.5. The number of piperidine rings is 1. The summed E-state index contributed by atoms with van der Waals surface area (Å²) < 4.78 is 10.1. The first-order chi connectivity index (χ1) is 9.13. The maximum absolute atomic E-state index is 9.60. The SMILES string of the molecule is COc1nc(OC)nc(N2CCC(C(C)O)CC2)n1. The van der Waals surface area contributed by atoms with E-state index in [0.717, 1.165) is 25.9 Å². The molecule has 0 spiro atoms. The number of methoxy groups -OCH3 is 2. The Morgan fingerprint density at radius 1 is 1.11 bits per heavy atom. The number of aliphatic hydroxyl groups is 1. The topological polar surface area (TPSA) is 80.6 Å². The number of anilines is 1. The molecule has 0 aromatic carbocycles. The van der Waals surface area contributed by atoms with E-state index in [9.17, 15) is 5.11 Å². The van der Waals surface area contributed by atoms with E-state index in [-0.39, 0.29) is 18.1 Å². The summed E-state index contributed by atoms with van der Waals surface area (Å²) in [6, 6.07) is 0.499. The van der Waals surface area contributed by atoms with Crippen LogP contribution in [0.4, 0.5) is 5.95 Å². The second-order valence-electron chi connectivity index (χ2n) is 4.67. The Hall–Kier alpha value is -1.63. The molecule has 0 amide bonds. The third-order valence-corrected chi connectivity index (χ3v) is 3.45. The maximum Gasteiger partial charge on any atom is 0.324 e. The second kappa shape index (κ2) is 6.01. The van der Waals surface area contributed by atoms with E-state index in [1.807, 2.05) is 6.92 Å². The number of ether oxygens (including phenoxy) is 2. The van der Waals surface area contributed by atoms with Crippen molar-refractivity contribution in [2.75, 3.05) is 32.2 Å². The van der Waals surface area contributed by atoms with Crippen molar-refractivity contribution >= 4 is 5.95 Å². The molecule has 0 aliphatic carbocycles. The van der Waals surface area contributed by atoms with Crippen LogP contribution in [0, 0.1) is 5.92 Å². The van der Waals surface area contributed by atoms with E-state index in [0.29, 0.717) is 11.9 Å². The van der Waals surface area contributed by atoms with Crippen LogP contribution in [0.2, 0.25) is 0 Å². The molecule has 1 aromatic rings. The molecule has 1 N–H and O–H groups in total. The van der Waals surface area contributed by atoms with Gasteiger partial charge in [-0.3, -0.25) is 0 Å². The van der Waals surface area contributed by atoms with Crippen LogP contribution in [0.5, 0.6) is 12.0 Å². The summed E-state index contributed by atoms with van der Waals surface area (Å²) in [7, 11) is 3.02. The molecular formula is C12H20N4O3. The number of rotatable bonds is 4. The monoisotopic (exact) mass is 268 g/mol. The number of hydrogen-bond donors (Lipinski definition) is 1. The first-order valence-corrected chi connectivity index (χ1v) is 6.41. The van der Waals surface area contributed by atoms with Gasteiger partial charge in [-0.1, -0.05) is 0 Å². The number of hydrogen-bond acceptors (Lipinski definition) is 7. The average Bonchev–Trinajstić information content (AvgIpc) is 2.46. The van der Waals surface area contributed by atoms with Crippen LogP contribution in [-0.2, 0) is 0 Å². The van der Waals surface area contributed by atoms with Crippen molar-refractivity contribution in [1.29, 1.82) is 0 Å². The summed E-state index contributed by atoms with van der Waals surface area (Å²) in [6.45, 7) is 3.47. The Morgan fingerprint density at radius 2 is 1.63 bits per heavy atom. The molecule has 0 bridgehead atoms. The average molecular weight is 268 g/mol. The molecule has 1 unspecified atom stereocenters. The highest BCUT2D eigenvalue weighted by molar-refractivity contribution is 5.32. The molecule has 19 heavy (non-hydrogen) atoms. The predicted molar refractivity (Wildman–Crippen MR) is 69.5 cm³/mol. The largest absolute Gasteiger partial charge is 0.467 e. The van der Waals surface area contributed by atoms with Crippen molar-refractivity contribution in [2.24, 2.45) is 5.92 Å². The van der Waals surface area contributed by atoms with Gasteiger partial charge in [0.1, 0.15) is 0 Å². The smallest absolute Gasteiger partial charge is 0.324 e. The Balaban J connectivity index is 2.10. The van der Waals surface area contributed by atoms with Gasteiger partial charge < -0.3 is 19.5 Å². The molecule has 1 saturated heterocycles. The van der Waals surface area contributed by atoms with Gasteiger partial charge in [-0.25, -0.2) is 0 Å². The van der Waals surface area contributed by atoms with Gasteiger partial charge in [0.15, 0.2) is 0 Å². The van der Waals surface area contributed by atoms with Gasteiger partial charge in [-0.15, -0.1) is 4.98 Å². The zero-order valence-corrected chi connectivity index (χ0v) is 11.5. The Labute approximate surface area is 112 Å². The molecular weight excluding hydrogens is 248 g/mol. The lowest BCUT2D eigenvalue weighted by Crippen LogP contribution is -2.38. The van der Waals surface area contributed by atoms with Crippen LogP contribution in [0.25, 0.3) is 0 Å². The van der Waals surface area contributed by atoms with Crippen molar-refractivity contribution in [2.45, 2.75) is 25.9 Å². The quantitative estimate of drug-likeness (QED) is 0.851. The highest BCUT2D eigenvalue weighted by Crippen LogP contribution is 2.24. The molecule has 7 heteroatoms. The van der Waals surface area contributed by atoms with Gasteiger partial charge in [0.25, 0.3) is 0 Å². The molecule has 1 aromatic heterocycles. The number of nitrogens with zero attached hydrogens (tertiary/aromatic N) is 4. The minimum atomic E-state index is -0.260. The van der Waals surface area contributed by atoms with E-state index >= 15 is 0 Å². The fourth-order valence-corrected chi connectivity index (χ4v) is 2.23. The third kappa shape index (κ3) is 3.23. The minimum absolute atomic E-state index is 0.250. The zero-order chi connectivity index (χ0) is 13.8. The van der Waals surface area contributed by atoms with Gasteiger partial charge in [0, 0.05) is 13.1 Å².